The molecule has 0 radical (unpaired) electrons. The molecule has 3 aromatic rings. The van der Waals surface area contributed by atoms with Gasteiger partial charge >= 0.3 is 0 Å². The van der Waals surface area contributed by atoms with Gasteiger partial charge in [0.2, 0.25) is 0 Å². The molecule has 0 N–H and O–H groups in total. The summed E-state index contributed by atoms with van der Waals surface area (Å²) >= 11 is 3.48. The van der Waals surface area contributed by atoms with Gasteiger partial charge in [-0.1, -0.05) is 50.2 Å². The minimum absolute atomic E-state index is 0.0386. The van der Waals surface area contributed by atoms with Crippen molar-refractivity contribution in [2.45, 2.75) is 38.5 Å². The molecule has 32 heavy (non-hydrogen) atoms. The van der Waals surface area contributed by atoms with Gasteiger partial charge in [0.1, 0.15) is 5.75 Å². The Labute approximate surface area is 198 Å². The molecule has 0 spiro atoms. The zero-order valence-electron chi connectivity index (χ0n) is 18.5. The van der Waals surface area contributed by atoms with E-state index in [9.17, 15) is 13.2 Å². The van der Waals surface area contributed by atoms with Gasteiger partial charge in [-0.2, -0.15) is 4.31 Å². The summed E-state index contributed by atoms with van der Waals surface area (Å²) in [5.74, 6) is 0.140. The number of carbonyl (C=O) groups is 1. The molecule has 0 saturated carbocycles. The second-order valence-electron chi connectivity index (χ2n) is 7.83. The Morgan fingerprint density at radius 1 is 1.00 bits per heavy atom. The highest BCUT2D eigenvalue weighted by atomic mass is 79.9. The number of halogens is 1. The first-order valence-corrected chi connectivity index (χ1v) is 12.5. The van der Waals surface area contributed by atoms with Crippen LogP contribution in [0.15, 0.2) is 76.1 Å². The van der Waals surface area contributed by atoms with Crippen LogP contribution in [0.1, 0.15) is 36.5 Å². The monoisotopic (exact) mass is 515 g/mol. The molecule has 5 nitrogen and oxygen atoms in total. The van der Waals surface area contributed by atoms with Gasteiger partial charge in [-0.15, -0.1) is 0 Å². The van der Waals surface area contributed by atoms with E-state index in [0.717, 1.165) is 15.4 Å². The molecule has 0 bridgehead atoms. The lowest BCUT2D eigenvalue weighted by Crippen LogP contribution is -2.40. The summed E-state index contributed by atoms with van der Waals surface area (Å²) in [6.07, 6.45) is 0. The molecular formula is C25H26BrNO4S. The Balaban J connectivity index is 1.97. The maximum Gasteiger partial charge on any atom is 0.278 e. The molecule has 0 aromatic heterocycles. The fraction of sp³-hybridized carbons (Fsp3) is 0.240. The summed E-state index contributed by atoms with van der Waals surface area (Å²) in [7, 11) is -4.13. The average molecular weight is 516 g/mol. The number of anilines is 1. The number of rotatable bonds is 7. The molecule has 7 heteroatoms. The van der Waals surface area contributed by atoms with Gasteiger partial charge in [-0.3, -0.25) is 4.79 Å². The van der Waals surface area contributed by atoms with Gasteiger partial charge < -0.3 is 4.74 Å². The lowest BCUT2D eigenvalue weighted by molar-refractivity contribution is -0.119. The number of ether oxygens (including phenoxy) is 1. The molecule has 0 atom stereocenters. The minimum atomic E-state index is -4.13. The number of amides is 1. The topological polar surface area (TPSA) is 63.7 Å². The second-order valence-corrected chi connectivity index (χ2v) is 10.5. The van der Waals surface area contributed by atoms with Gasteiger partial charge in [-0.05, 0) is 82.7 Å². The maximum absolute atomic E-state index is 13.5. The summed E-state index contributed by atoms with van der Waals surface area (Å²) in [5, 5.41) is 0. The largest absolute Gasteiger partial charge is 0.483 e. The van der Waals surface area contributed by atoms with E-state index in [2.05, 4.69) is 29.8 Å². The third-order valence-corrected chi connectivity index (χ3v) is 7.65. The summed E-state index contributed by atoms with van der Waals surface area (Å²) in [6, 6.07) is 18.8. The van der Waals surface area contributed by atoms with Gasteiger partial charge in [0.15, 0.2) is 6.61 Å². The van der Waals surface area contributed by atoms with Crippen LogP contribution in [0.5, 0.6) is 5.75 Å². The molecule has 0 fully saturated rings. The van der Waals surface area contributed by atoms with Crippen LogP contribution in [-0.2, 0) is 14.8 Å². The van der Waals surface area contributed by atoms with Crippen LogP contribution in [0.25, 0.3) is 0 Å². The molecule has 1 amide bonds. The summed E-state index contributed by atoms with van der Waals surface area (Å²) < 4.78 is 34.2. The SMILES string of the molecule is Cc1cccc(N(C(=O)COc2ccc(C(C)C)cc2Br)S(=O)(=O)c2ccccc2)c1C. The van der Waals surface area contributed by atoms with Gasteiger partial charge in [0.25, 0.3) is 15.9 Å². The van der Waals surface area contributed by atoms with Crippen molar-refractivity contribution in [1.29, 1.82) is 0 Å². The van der Waals surface area contributed by atoms with Gasteiger partial charge in [0.05, 0.1) is 15.1 Å². The highest BCUT2D eigenvalue weighted by Gasteiger charge is 2.32. The molecule has 0 aliphatic heterocycles. The molecule has 0 aliphatic rings. The first-order chi connectivity index (χ1) is 15.1. The molecule has 0 saturated heterocycles. The van der Waals surface area contributed by atoms with Crippen LogP contribution < -0.4 is 9.04 Å². The highest BCUT2D eigenvalue weighted by Crippen LogP contribution is 2.31. The van der Waals surface area contributed by atoms with Crippen molar-refractivity contribution in [3.05, 3.63) is 87.9 Å². The first-order valence-electron chi connectivity index (χ1n) is 10.2. The quantitative estimate of drug-likeness (QED) is 0.387. The normalized spacial score (nSPS) is 11.4. The van der Waals surface area contributed by atoms with Crippen molar-refractivity contribution in [3.63, 3.8) is 0 Å². The molecule has 168 valence electrons. The van der Waals surface area contributed by atoms with Crippen LogP contribution in [0.3, 0.4) is 0 Å². The van der Waals surface area contributed by atoms with Crippen LogP contribution >= 0.6 is 15.9 Å². The Morgan fingerprint density at radius 3 is 2.31 bits per heavy atom. The van der Waals surface area contributed by atoms with E-state index in [1.807, 2.05) is 25.1 Å². The fourth-order valence-electron chi connectivity index (χ4n) is 3.24. The molecule has 3 aromatic carbocycles. The second kappa shape index (κ2) is 9.88. The number of nitrogens with zero attached hydrogens (tertiary/aromatic N) is 1. The number of benzene rings is 3. The van der Waals surface area contributed by atoms with Crippen LogP contribution in [0.4, 0.5) is 5.69 Å². The van der Waals surface area contributed by atoms with Gasteiger partial charge in [-0.25, -0.2) is 8.42 Å². The van der Waals surface area contributed by atoms with Crippen LogP contribution in [0.2, 0.25) is 0 Å². The third kappa shape index (κ3) is 5.05. The fourth-order valence-corrected chi connectivity index (χ4v) is 5.24. The average Bonchev–Trinajstić information content (AvgIpc) is 2.76. The van der Waals surface area contributed by atoms with Gasteiger partial charge in [0, 0.05) is 0 Å². The summed E-state index contributed by atoms with van der Waals surface area (Å²) in [4.78, 5) is 13.3. The van der Waals surface area contributed by atoms with E-state index >= 15 is 0 Å². The molecule has 3 rings (SSSR count). The van der Waals surface area contributed by atoms with Crippen molar-refractivity contribution in [3.8, 4) is 5.75 Å². The lowest BCUT2D eigenvalue weighted by atomic mass is 10.0. The molecule has 0 unspecified atom stereocenters. The molecular weight excluding hydrogens is 490 g/mol. The van der Waals surface area contributed by atoms with E-state index in [0.29, 0.717) is 27.4 Å². The third-order valence-electron chi connectivity index (χ3n) is 5.28. The Morgan fingerprint density at radius 2 is 1.69 bits per heavy atom. The maximum atomic E-state index is 13.5. The van der Waals surface area contributed by atoms with Crippen molar-refractivity contribution in [2.75, 3.05) is 10.9 Å². The number of aryl methyl sites for hydroxylation is 1. The van der Waals surface area contributed by atoms with E-state index in [-0.39, 0.29) is 4.90 Å². The molecule has 0 aliphatic carbocycles. The Hall–Kier alpha value is -2.64. The lowest BCUT2D eigenvalue weighted by Gasteiger charge is -2.25. The van der Waals surface area contributed by atoms with Crippen LogP contribution in [0, 0.1) is 13.8 Å². The summed E-state index contributed by atoms with van der Waals surface area (Å²) in [6.45, 7) is 7.41. The smallest absolute Gasteiger partial charge is 0.278 e. The number of hydrogen-bond acceptors (Lipinski definition) is 4. The van der Waals surface area contributed by atoms with E-state index < -0.39 is 22.5 Å². The highest BCUT2D eigenvalue weighted by molar-refractivity contribution is 9.10. The number of hydrogen-bond donors (Lipinski definition) is 0. The first kappa shape index (κ1) is 24.0. The Bertz CT molecular complexity index is 1220. The van der Waals surface area contributed by atoms with E-state index in [1.54, 1.807) is 43.3 Å². The Kier molecular flexibility index (Phi) is 7.41. The standard InChI is InChI=1S/C25H26BrNO4S/c1-17(2)20-13-14-24(22(26)15-20)31-16-25(28)27(23-12-8-9-18(3)19(23)4)32(29,30)21-10-6-5-7-11-21/h5-15,17H,16H2,1-4H3. The zero-order chi connectivity index (χ0) is 23.5. The number of sulfonamides is 1. The molecule has 0 heterocycles. The van der Waals surface area contributed by atoms with Crippen molar-refractivity contribution < 1.29 is 17.9 Å². The van der Waals surface area contributed by atoms with E-state index in [1.165, 1.54) is 12.1 Å². The van der Waals surface area contributed by atoms with Crippen molar-refractivity contribution in [1.82, 2.24) is 0 Å². The minimum Gasteiger partial charge on any atom is -0.483 e. The predicted molar refractivity (Wildman–Crippen MR) is 131 cm³/mol. The van der Waals surface area contributed by atoms with Crippen molar-refractivity contribution in [2.24, 2.45) is 0 Å². The van der Waals surface area contributed by atoms with Crippen molar-refractivity contribution >= 4 is 37.5 Å². The zero-order valence-corrected chi connectivity index (χ0v) is 20.9. The van der Waals surface area contributed by atoms with Crippen LogP contribution in [-0.4, -0.2) is 20.9 Å². The van der Waals surface area contributed by atoms with E-state index in [4.69, 9.17) is 4.74 Å². The summed E-state index contributed by atoms with van der Waals surface area (Å²) in [5.41, 5.74) is 3.04. The number of carbonyl (C=O) groups excluding carboxylic acids is 1. The predicted octanol–water partition coefficient (Wildman–Crippen LogP) is 5.99.